The average Bonchev–Trinajstić information content (AvgIpc) is 3.08. The summed E-state index contributed by atoms with van der Waals surface area (Å²) >= 11 is 5.89. The molecule has 0 saturated heterocycles. The number of nitrogens with zero attached hydrogens (tertiary/aromatic N) is 4. The van der Waals surface area contributed by atoms with Gasteiger partial charge in [0.25, 0.3) is 0 Å². The second kappa shape index (κ2) is 7.18. The van der Waals surface area contributed by atoms with E-state index in [9.17, 15) is 9.18 Å². The zero-order chi connectivity index (χ0) is 16.9. The first-order valence-corrected chi connectivity index (χ1v) is 7.39. The molecule has 0 unspecified atom stereocenters. The van der Waals surface area contributed by atoms with Crippen LogP contribution in [0.25, 0.3) is 0 Å². The quantitative estimate of drug-likeness (QED) is 0.664. The van der Waals surface area contributed by atoms with E-state index < -0.39 is 17.9 Å². The maximum atomic E-state index is 13.2. The van der Waals surface area contributed by atoms with Crippen molar-refractivity contribution in [2.45, 2.75) is 12.6 Å². The molecule has 0 N–H and O–H groups in total. The minimum absolute atomic E-state index is 0.0348. The number of hydrogen-bond acceptors (Lipinski definition) is 5. The summed E-state index contributed by atoms with van der Waals surface area (Å²) in [6.45, 7) is 0.260. The van der Waals surface area contributed by atoms with Gasteiger partial charge >= 0.3 is 5.97 Å². The van der Waals surface area contributed by atoms with Crippen LogP contribution in [0.3, 0.4) is 0 Å². The number of rotatable bonds is 5. The van der Waals surface area contributed by atoms with E-state index in [-0.39, 0.29) is 12.1 Å². The topological polar surface area (TPSA) is 69.9 Å². The van der Waals surface area contributed by atoms with Crippen molar-refractivity contribution >= 4 is 17.6 Å². The molecule has 8 heteroatoms. The molecule has 0 amide bonds. The minimum atomic E-state index is -0.679. The smallest absolute Gasteiger partial charge is 0.340 e. The summed E-state index contributed by atoms with van der Waals surface area (Å²) in [5.74, 6) is -1.29. The summed E-state index contributed by atoms with van der Waals surface area (Å²) in [4.78, 5) is 19.8. The highest BCUT2D eigenvalue weighted by molar-refractivity contribution is 6.30. The summed E-state index contributed by atoms with van der Waals surface area (Å²) in [7, 11) is 0. The van der Waals surface area contributed by atoms with Gasteiger partial charge in [-0.3, -0.25) is 4.98 Å². The van der Waals surface area contributed by atoms with Gasteiger partial charge in [-0.1, -0.05) is 23.7 Å². The molecule has 0 fully saturated rings. The van der Waals surface area contributed by atoms with Crippen LogP contribution >= 0.6 is 11.6 Å². The molecule has 6 nitrogen and oxygen atoms in total. The van der Waals surface area contributed by atoms with E-state index in [2.05, 4.69) is 15.1 Å². The Balaban J connectivity index is 1.83. The Morgan fingerprint density at radius 2 is 2.04 bits per heavy atom. The normalized spacial score (nSPS) is 11.9. The fourth-order valence-corrected chi connectivity index (χ4v) is 2.23. The molecule has 0 aliphatic rings. The van der Waals surface area contributed by atoms with Crippen molar-refractivity contribution in [1.29, 1.82) is 0 Å². The summed E-state index contributed by atoms with van der Waals surface area (Å²) in [6, 6.07) is 7.97. The molecular formula is C16H12ClFN4O2. The molecule has 2 aromatic heterocycles. The van der Waals surface area contributed by atoms with E-state index in [1.54, 1.807) is 24.3 Å². The summed E-state index contributed by atoms with van der Waals surface area (Å²) in [5, 5.41) is 4.58. The Hall–Kier alpha value is -2.80. The van der Waals surface area contributed by atoms with E-state index >= 15 is 0 Å². The number of pyridine rings is 1. The number of ether oxygens (including phenoxy) is 1. The first kappa shape index (κ1) is 16.1. The van der Waals surface area contributed by atoms with Crippen LogP contribution in [0.2, 0.25) is 5.02 Å². The molecule has 0 bridgehead atoms. The number of carbonyl (C=O) groups excluding carboxylic acids is 1. The monoisotopic (exact) mass is 346 g/mol. The Morgan fingerprint density at radius 1 is 1.25 bits per heavy atom. The Labute approximate surface area is 141 Å². The summed E-state index contributed by atoms with van der Waals surface area (Å²) in [5.41, 5.74) is 0.764. The van der Waals surface area contributed by atoms with Crippen molar-refractivity contribution in [2.24, 2.45) is 0 Å². The highest BCUT2D eigenvalue weighted by Crippen LogP contribution is 2.23. The molecule has 0 aliphatic heterocycles. The fourth-order valence-electron chi connectivity index (χ4n) is 2.11. The second-order valence-electron chi connectivity index (χ2n) is 4.95. The van der Waals surface area contributed by atoms with Crippen molar-refractivity contribution in [3.8, 4) is 0 Å². The molecule has 0 spiro atoms. The number of hydrogen-bond donors (Lipinski definition) is 0. The lowest BCUT2D eigenvalue weighted by molar-refractivity contribution is 0.0245. The van der Waals surface area contributed by atoms with E-state index in [1.165, 1.54) is 23.5 Å². The molecule has 1 aromatic carbocycles. The van der Waals surface area contributed by atoms with Crippen molar-refractivity contribution in [3.05, 3.63) is 77.3 Å². The van der Waals surface area contributed by atoms with E-state index in [0.717, 1.165) is 17.8 Å². The predicted molar refractivity (Wildman–Crippen MR) is 83.8 cm³/mol. The number of benzene rings is 1. The molecule has 1 atom stereocenters. The van der Waals surface area contributed by atoms with Crippen molar-refractivity contribution in [3.63, 3.8) is 0 Å². The lowest BCUT2D eigenvalue weighted by Gasteiger charge is -2.18. The lowest BCUT2D eigenvalue weighted by Crippen LogP contribution is -2.17. The van der Waals surface area contributed by atoms with Crippen LogP contribution in [-0.2, 0) is 11.3 Å². The molecule has 122 valence electrons. The maximum absolute atomic E-state index is 13.2. The van der Waals surface area contributed by atoms with Gasteiger partial charge in [0.15, 0.2) is 0 Å². The first-order chi connectivity index (χ1) is 11.6. The van der Waals surface area contributed by atoms with Gasteiger partial charge in [0.05, 0.1) is 18.3 Å². The Morgan fingerprint density at radius 3 is 2.71 bits per heavy atom. The van der Waals surface area contributed by atoms with Gasteiger partial charge in [-0.15, -0.1) is 0 Å². The summed E-state index contributed by atoms with van der Waals surface area (Å²) in [6.07, 6.45) is 4.53. The van der Waals surface area contributed by atoms with Gasteiger partial charge in [-0.25, -0.2) is 18.9 Å². The maximum Gasteiger partial charge on any atom is 0.340 e. The van der Waals surface area contributed by atoms with Gasteiger partial charge in [0.2, 0.25) is 0 Å². The third-order valence-corrected chi connectivity index (χ3v) is 3.50. The van der Waals surface area contributed by atoms with Crippen molar-refractivity contribution < 1.29 is 13.9 Å². The Kier molecular flexibility index (Phi) is 4.81. The predicted octanol–water partition coefficient (Wildman–Crippen LogP) is 3.06. The van der Waals surface area contributed by atoms with Crippen LogP contribution in [0, 0.1) is 5.82 Å². The zero-order valence-electron chi connectivity index (χ0n) is 12.3. The van der Waals surface area contributed by atoms with Gasteiger partial charge in [0, 0.05) is 11.2 Å². The number of halogens is 2. The molecule has 0 saturated carbocycles. The third-order valence-electron chi connectivity index (χ3n) is 3.25. The van der Waals surface area contributed by atoms with Crippen molar-refractivity contribution in [2.75, 3.05) is 0 Å². The zero-order valence-corrected chi connectivity index (χ0v) is 13.1. The summed E-state index contributed by atoms with van der Waals surface area (Å²) < 4.78 is 20.3. The standard InChI is InChI=1S/C16H12ClFN4O2/c17-13-3-1-11(2-4-13)15(8-22-10-20-9-21-22)24-16(23)12-5-14(18)7-19-6-12/h1-7,9-10,15H,8H2/t15-/m0/s1. The molecule has 0 radical (unpaired) electrons. The molecule has 3 rings (SSSR count). The molecule has 24 heavy (non-hydrogen) atoms. The van der Waals surface area contributed by atoms with Gasteiger partial charge in [0.1, 0.15) is 24.6 Å². The lowest BCUT2D eigenvalue weighted by atomic mass is 10.1. The van der Waals surface area contributed by atoms with Crippen molar-refractivity contribution in [1.82, 2.24) is 19.7 Å². The van der Waals surface area contributed by atoms with Crippen LogP contribution in [0.5, 0.6) is 0 Å². The average molecular weight is 347 g/mol. The van der Waals surface area contributed by atoms with Gasteiger partial charge in [-0.05, 0) is 23.8 Å². The van der Waals surface area contributed by atoms with E-state index in [1.807, 2.05) is 0 Å². The van der Waals surface area contributed by atoms with Gasteiger partial charge < -0.3 is 4.74 Å². The van der Waals surface area contributed by atoms with Crippen LogP contribution in [0.1, 0.15) is 22.0 Å². The highest BCUT2D eigenvalue weighted by Gasteiger charge is 2.20. The largest absolute Gasteiger partial charge is 0.452 e. The van der Waals surface area contributed by atoms with Gasteiger partial charge in [-0.2, -0.15) is 5.10 Å². The van der Waals surface area contributed by atoms with Crippen LogP contribution in [0.15, 0.2) is 55.4 Å². The van der Waals surface area contributed by atoms with Crippen LogP contribution < -0.4 is 0 Å². The number of carbonyl (C=O) groups is 1. The highest BCUT2D eigenvalue weighted by atomic mass is 35.5. The Bertz CT molecular complexity index is 824. The molecular weight excluding hydrogens is 335 g/mol. The third kappa shape index (κ3) is 3.94. The van der Waals surface area contributed by atoms with E-state index in [4.69, 9.17) is 16.3 Å². The minimum Gasteiger partial charge on any atom is -0.452 e. The first-order valence-electron chi connectivity index (χ1n) is 7.01. The fraction of sp³-hybridized carbons (Fsp3) is 0.125. The number of esters is 1. The second-order valence-corrected chi connectivity index (χ2v) is 5.39. The van der Waals surface area contributed by atoms with Crippen LogP contribution in [-0.4, -0.2) is 25.7 Å². The van der Waals surface area contributed by atoms with Crippen LogP contribution in [0.4, 0.5) is 4.39 Å². The molecule has 2 heterocycles. The number of aromatic nitrogens is 4. The SMILES string of the molecule is O=C(O[C@@H](Cn1cncn1)c1ccc(Cl)cc1)c1cncc(F)c1. The molecule has 3 aromatic rings. The molecule has 0 aliphatic carbocycles. The van der Waals surface area contributed by atoms with E-state index in [0.29, 0.717) is 5.02 Å².